The third kappa shape index (κ3) is 47.3. The third-order valence-electron chi connectivity index (χ3n) is 12.1. The molecule has 0 rings (SSSR count). The van der Waals surface area contributed by atoms with Gasteiger partial charge in [0.2, 0.25) is 0 Å². The standard InChI is InChI=1S/C53H102O6/c1-4-7-10-13-16-19-21-23-24-25-26-27-28-29-31-32-34-37-40-43-46-52(55)58-49-50(48-57-51(54)45-42-39-36-18-15-12-9-6-3)59-53(56)47-44-41-38-35-33-30-22-20-17-14-11-8-5-2/h50H,4-49H2,1-3H3. The highest BCUT2D eigenvalue weighted by atomic mass is 16.6. The Morgan fingerprint density at radius 2 is 0.458 bits per heavy atom. The lowest BCUT2D eigenvalue weighted by Crippen LogP contribution is -2.30. The van der Waals surface area contributed by atoms with Crippen molar-refractivity contribution in [2.75, 3.05) is 13.2 Å². The smallest absolute Gasteiger partial charge is 0.306 e. The maximum atomic E-state index is 12.7. The average Bonchev–Trinajstić information content (AvgIpc) is 3.23. The summed E-state index contributed by atoms with van der Waals surface area (Å²) in [5.74, 6) is -0.846. The Labute approximate surface area is 368 Å². The lowest BCUT2D eigenvalue weighted by molar-refractivity contribution is -0.167. The van der Waals surface area contributed by atoms with Crippen molar-refractivity contribution in [1.82, 2.24) is 0 Å². The van der Waals surface area contributed by atoms with E-state index in [0.717, 1.165) is 57.8 Å². The summed E-state index contributed by atoms with van der Waals surface area (Å²) in [6.45, 7) is 6.66. The molecule has 0 N–H and O–H groups in total. The van der Waals surface area contributed by atoms with Gasteiger partial charge in [-0.3, -0.25) is 14.4 Å². The van der Waals surface area contributed by atoms with Gasteiger partial charge in [-0.25, -0.2) is 0 Å². The minimum atomic E-state index is -0.758. The van der Waals surface area contributed by atoms with Crippen molar-refractivity contribution >= 4 is 17.9 Å². The summed E-state index contributed by atoms with van der Waals surface area (Å²) in [7, 11) is 0. The lowest BCUT2D eigenvalue weighted by Gasteiger charge is -2.18. The number of unbranched alkanes of at least 4 members (excludes halogenated alkanes) is 38. The summed E-state index contributed by atoms with van der Waals surface area (Å²) in [5, 5.41) is 0. The fourth-order valence-corrected chi connectivity index (χ4v) is 8.09. The van der Waals surface area contributed by atoms with Crippen molar-refractivity contribution in [3.05, 3.63) is 0 Å². The van der Waals surface area contributed by atoms with Gasteiger partial charge in [0.1, 0.15) is 13.2 Å². The Balaban J connectivity index is 4.16. The Morgan fingerprint density at radius 3 is 0.678 bits per heavy atom. The predicted molar refractivity (Wildman–Crippen MR) is 252 cm³/mol. The van der Waals surface area contributed by atoms with Gasteiger partial charge in [0.15, 0.2) is 6.10 Å². The van der Waals surface area contributed by atoms with Gasteiger partial charge in [0.25, 0.3) is 0 Å². The number of carbonyl (C=O) groups excluding carboxylic acids is 3. The van der Waals surface area contributed by atoms with E-state index in [1.807, 2.05) is 0 Å². The number of rotatable bonds is 49. The molecule has 0 saturated heterocycles. The molecule has 0 heterocycles. The van der Waals surface area contributed by atoms with E-state index in [4.69, 9.17) is 14.2 Å². The summed E-state index contributed by atoms with van der Waals surface area (Å²) < 4.78 is 16.8. The van der Waals surface area contributed by atoms with E-state index < -0.39 is 6.10 Å². The van der Waals surface area contributed by atoms with Gasteiger partial charge in [0, 0.05) is 19.3 Å². The second-order valence-electron chi connectivity index (χ2n) is 18.2. The molecule has 0 saturated carbocycles. The van der Waals surface area contributed by atoms with Crippen molar-refractivity contribution in [2.24, 2.45) is 0 Å². The van der Waals surface area contributed by atoms with Crippen molar-refractivity contribution in [2.45, 2.75) is 309 Å². The van der Waals surface area contributed by atoms with Crippen LogP contribution < -0.4 is 0 Å². The van der Waals surface area contributed by atoms with E-state index in [2.05, 4.69) is 20.8 Å². The molecule has 0 bridgehead atoms. The van der Waals surface area contributed by atoms with E-state index in [1.54, 1.807) is 0 Å². The minimum absolute atomic E-state index is 0.0621. The summed E-state index contributed by atoms with van der Waals surface area (Å²) in [4.78, 5) is 37.8. The molecule has 0 fully saturated rings. The molecule has 0 aromatic rings. The van der Waals surface area contributed by atoms with Crippen LogP contribution in [0.2, 0.25) is 0 Å². The summed E-state index contributed by atoms with van der Waals surface area (Å²) in [6.07, 6.45) is 52.4. The molecule has 0 radical (unpaired) electrons. The molecule has 1 atom stereocenters. The fraction of sp³-hybridized carbons (Fsp3) is 0.943. The predicted octanol–water partition coefficient (Wildman–Crippen LogP) is 17.2. The second-order valence-corrected chi connectivity index (χ2v) is 18.2. The van der Waals surface area contributed by atoms with Crippen LogP contribution >= 0.6 is 0 Å². The third-order valence-corrected chi connectivity index (χ3v) is 12.1. The molecule has 0 aromatic heterocycles. The molecular weight excluding hydrogens is 733 g/mol. The Kier molecular flexibility index (Phi) is 47.7. The first-order chi connectivity index (χ1) is 29.0. The van der Waals surface area contributed by atoms with Crippen LogP contribution in [0.1, 0.15) is 303 Å². The number of esters is 3. The van der Waals surface area contributed by atoms with Gasteiger partial charge in [-0.2, -0.15) is 0 Å². The molecule has 0 aliphatic heterocycles. The molecular formula is C53H102O6. The summed E-state index contributed by atoms with van der Waals surface area (Å²) in [5.41, 5.74) is 0. The monoisotopic (exact) mass is 835 g/mol. The van der Waals surface area contributed by atoms with Gasteiger partial charge >= 0.3 is 17.9 Å². The van der Waals surface area contributed by atoms with Crippen molar-refractivity contribution in [3.63, 3.8) is 0 Å². The van der Waals surface area contributed by atoms with Crippen molar-refractivity contribution in [1.29, 1.82) is 0 Å². The van der Waals surface area contributed by atoms with Crippen molar-refractivity contribution in [3.8, 4) is 0 Å². The first kappa shape index (κ1) is 57.4. The van der Waals surface area contributed by atoms with Gasteiger partial charge < -0.3 is 14.2 Å². The molecule has 1 unspecified atom stereocenters. The van der Waals surface area contributed by atoms with E-state index in [1.165, 1.54) is 205 Å². The maximum absolute atomic E-state index is 12.7. The maximum Gasteiger partial charge on any atom is 0.306 e. The first-order valence-electron chi connectivity index (χ1n) is 26.5. The Hall–Kier alpha value is -1.59. The van der Waals surface area contributed by atoms with Crippen LogP contribution in [0.5, 0.6) is 0 Å². The van der Waals surface area contributed by atoms with Gasteiger partial charge in [0.05, 0.1) is 0 Å². The van der Waals surface area contributed by atoms with E-state index in [9.17, 15) is 14.4 Å². The zero-order chi connectivity index (χ0) is 43.0. The minimum Gasteiger partial charge on any atom is -0.462 e. The highest BCUT2D eigenvalue weighted by Gasteiger charge is 2.19. The van der Waals surface area contributed by atoms with Gasteiger partial charge in [-0.1, -0.05) is 265 Å². The molecule has 0 aliphatic rings. The highest BCUT2D eigenvalue weighted by molar-refractivity contribution is 5.71. The summed E-state index contributed by atoms with van der Waals surface area (Å²) in [6, 6.07) is 0. The van der Waals surface area contributed by atoms with Crippen LogP contribution in [0.25, 0.3) is 0 Å². The Morgan fingerprint density at radius 1 is 0.271 bits per heavy atom. The van der Waals surface area contributed by atoms with Crippen LogP contribution in [-0.4, -0.2) is 37.2 Å². The number of hydrogen-bond donors (Lipinski definition) is 0. The molecule has 59 heavy (non-hydrogen) atoms. The van der Waals surface area contributed by atoms with Crippen LogP contribution in [-0.2, 0) is 28.6 Å². The van der Waals surface area contributed by atoms with Crippen molar-refractivity contribution < 1.29 is 28.6 Å². The van der Waals surface area contributed by atoms with E-state index in [-0.39, 0.29) is 31.1 Å². The molecule has 0 aromatic carbocycles. The molecule has 6 nitrogen and oxygen atoms in total. The van der Waals surface area contributed by atoms with Gasteiger partial charge in [-0.15, -0.1) is 0 Å². The molecule has 6 heteroatoms. The number of carbonyl (C=O) groups is 3. The zero-order valence-electron chi connectivity index (χ0n) is 40.1. The summed E-state index contributed by atoms with van der Waals surface area (Å²) >= 11 is 0. The molecule has 350 valence electrons. The normalized spacial score (nSPS) is 11.8. The highest BCUT2D eigenvalue weighted by Crippen LogP contribution is 2.17. The number of hydrogen-bond acceptors (Lipinski definition) is 6. The zero-order valence-corrected chi connectivity index (χ0v) is 40.1. The molecule has 0 aliphatic carbocycles. The quantitative estimate of drug-likeness (QED) is 0.0345. The van der Waals surface area contributed by atoms with Crippen LogP contribution in [0.3, 0.4) is 0 Å². The van der Waals surface area contributed by atoms with Crippen LogP contribution in [0, 0.1) is 0 Å². The average molecular weight is 835 g/mol. The SMILES string of the molecule is CCCCCCCCCCCCCCCCCCCCCCC(=O)OCC(COC(=O)CCCCCCCCCC)OC(=O)CCCCCCCCCCCCCCC. The lowest BCUT2D eigenvalue weighted by atomic mass is 10.0. The Bertz CT molecular complexity index is 874. The topological polar surface area (TPSA) is 78.9 Å². The molecule has 0 amide bonds. The first-order valence-corrected chi connectivity index (χ1v) is 26.5. The largest absolute Gasteiger partial charge is 0.462 e. The number of ether oxygens (including phenoxy) is 3. The second kappa shape index (κ2) is 49.1. The van der Waals surface area contributed by atoms with E-state index in [0.29, 0.717) is 19.3 Å². The van der Waals surface area contributed by atoms with Gasteiger partial charge in [-0.05, 0) is 19.3 Å². The van der Waals surface area contributed by atoms with Crippen LogP contribution in [0.4, 0.5) is 0 Å². The fourth-order valence-electron chi connectivity index (χ4n) is 8.09. The van der Waals surface area contributed by atoms with Crippen LogP contribution in [0.15, 0.2) is 0 Å². The van der Waals surface area contributed by atoms with E-state index >= 15 is 0 Å². The molecule has 0 spiro atoms.